The van der Waals surface area contributed by atoms with E-state index in [1.807, 2.05) is 0 Å². The third kappa shape index (κ3) is 3.74. The summed E-state index contributed by atoms with van der Waals surface area (Å²) in [6.45, 7) is 1.49. The van der Waals surface area contributed by atoms with Crippen LogP contribution in [0.3, 0.4) is 0 Å². The van der Waals surface area contributed by atoms with Gasteiger partial charge in [0.25, 0.3) is 0 Å². The molecule has 1 aliphatic heterocycles. The molecule has 0 spiro atoms. The molecule has 18 heavy (non-hydrogen) atoms. The van der Waals surface area contributed by atoms with Crippen LogP contribution < -0.4 is 10.0 Å². The van der Waals surface area contributed by atoms with Crippen LogP contribution in [0.25, 0.3) is 0 Å². The zero-order chi connectivity index (χ0) is 13.0. The van der Waals surface area contributed by atoms with Crippen molar-refractivity contribution in [1.29, 1.82) is 0 Å². The van der Waals surface area contributed by atoms with Gasteiger partial charge in [0.05, 0.1) is 0 Å². The molecule has 1 aliphatic rings. The fourth-order valence-electron chi connectivity index (χ4n) is 1.99. The highest BCUT2D eigenvalue weighted by molar-refractivity contribution is 9.10. The van der Waals surface area contributed by atoms with Crippen molar-refractivity contribution in [2.24, 2.45) is 0 Å². The van der Waals surface area contributed by atoms with Crippen molar-refractivity contribution in [3.8, 4) is 0 Å². The smallest absolute Gasteiger partial charge is 0.242 e. The maximum Gasteiger partial charge on any atom is 0.242 e. The SMILES string of the molecule is O=S(=O)(NCC[C@@H]1CCCN1)c1cncc(Br)c1. The molecule has 100 valence electrons. The van der Waals surface area contributed by atoms with E-state index in [1.54, 1.807) is 12.3 Å². The van der Waals surface area contributed by atoms with Crippen molar-refractivity contribution in [2.45, 2.75) is 30.2 Å². The molecule has 0 aliphatic carbocycles. The molecule has 0 aromatic carbocycles. The number of hydrogen-bond acceptors (Lipinski definition) is 4. The van der Waals surface area contributed by atoms with Gasteiger partial charge in [0.15, 0.2) is 0 Å². The normalized spacial score (nSPS) is 20.2. The molecule has 1 aromatic rings. The Hall–Kier alpha value is -0.500. The van der Waals surface area contributed by atoms with Gasteiger partial charge < -0.3 is 5.32 Å². The fourth-order valence-corrected chi connectivity index (χ4v) is 3.54. The number of aromatic nitrogens is 1. The molecule has 1 fully saturated rings. The van der Waals surface area contributed by atoms with Gasteiger partial charge in [0.1, 0.15) is 4.90 Å². The molecule has 2 heterocycles. The average Bonchev–Trinajstić information content (AvgIpc) is 2.82. The summed E-state index contributed by atoms with van der Waals surface area (Å²) in [6, 6.07) is 1.98. The second-order valence-electron chi connectivity index (χ2n) is 4.32. The Bertz CT molecular complexity index is 501. The van der Waals surface area contributed by atoms with E-state index in [0.29, 0.717) is 17.1 Å². The largest absolute Gasteiger partial charge is 0.314 e. The first kappa shape index (κ1) is 13.9. The van der Waals surface area contributed by atoms with Crippen LogP contribution in [0, 0.1) is 0 Å². The molecule has 0 unspecified atom stereocenters. The summed E-state index contributed by atoms with van der Waals surface area (Å²) in [5, 5.41) is 3.34. The lowest BCUT2D eigenvalue weighted by Gasteiger charge is -2.11. The molecule has 1 atom stereocenters. The van der Waals surface area contributed by atoms with Gasteiger partial charge in [0.2, 0.25) is 10.0 Å². The molecule has 7 heteroatoms. The monoisotopic (exact) mass is 333 g/mol. The minimum Gasteiger partial charge on any atom is -0.314 e. The van der Waals surface area contributed by atoms with Gasteiger partial charge in [-0.3, -0.25) is 4.98 Å². The minimum atomic E-state index is -3.44. The van der Waals surface area contributed by atoms with Crippen LogP contribution in [0.4, 0.5) is 0 Å². The van der Waals surface area contributed by atoms with Gasteiger partial charge in [-0.1, -0.05) is 0 Å². The van der Waals surface area contributed by atoms with Gasteiger partial charge in [-0.25, -0.2) is 13.1 Å². The first-order valence-electron chi connectivity index (χ1n) is 5.91. The van der Waals surface area contributed by atoms with Crippen molar-refractivity contribution in [3.63, 3.8) is 0 Å². The predicted molar refractivity (Wildman–Crippen MR) is 72.8 cm³/mol. The van der Waals surface area contributed by atoms with Crippen LogP contribution in [0.15, 0.2) is 27.8 Å². The molecule has 1 aromatic heterocycles. The summed E-state index contributed by atoms with van der Waals surface area (Å²) in [6.07, 6.45) is 6.02. The fraction of sp³-hybridized carbons (Fsp3) is 0.545. The van der Waals surface area contributed by atoms with E-state index >= 15 is 0 Å². The van der Waals surface area contributed by atoms with E-state index in [4.69, 9.17) is 0 Å². The van der Waals surface area contributed by atoms with E-state index in [-0.39, 0.29) is 4.90 Å². The minimum absolute atomic E-state index is 0.191. The second-order valence-corrected chi connectivity index (χ2v) is 7.00. The molecule has 0 radical (unpaired) electrons. The molecule has 0 saturated carbocycles. The number of sulfonamides is 1. The van der Waals surface area contributed by atoms with Gasteiger partial charge in [0, 0.05) is 29.5 Å². The number of rotatable bonds is 5. The summed E-state index contributed by atoms with van der Waals surface area (Å²) >= 11 is 3.21. The first-order valence-corrected chi connectivity index (χ1v) is 8.19. The Balaban J connectivity index is 1.90. The Labute approximate surface area is 116 Å². The number of nitrogens with one attached hydrogen (secondary N) is 2. The van der Waals surface area contributed by atoms with E-state index < -0.39 is 10.0 Å². The van der Waals surface area contributed by atoms with Crippen LogP contribution in [0.2, 0.25) is 0 Å². The zero-order valence-corrected chi connectivity index (χ0v) is 12.3. The molecule has 2 rings (SSSR count). The lowest BCUT2D eigenvalue weighted by molar-refractivity contribution is 0.539. The summed E-state index contributed by atoms with van der Waals surface area (Å²) in [5.74, 6) is 0. The maximum atomic E-state index is 12.0. The van der Waals surface area contributed by atoms with Crippen LogP contribution in [0.1, 0.15) is 19.3 Å². The van der Waals surface area contributed by atoms with Crippen molar-refractivity contribution in [3.05, 3.63) is 22.9 Å². The highest BCUT2D eigenvalue weighted by atomic mass is 79.9. The van der Waals surface area contributed by atoms with Gasteiger partial charge in [-0.05, 0) is 47.8 Å². The first-order chi connectivity index (χ1) is 8.58. The highest BCUT2D eigenvalue weighted by Crippen LogP contribution is 2.14. The molecular weight excluding hydrogens is 318 g/mol. The van der Waals surface area contributed by atoms with Crippen LogP contribution in [-0.4, -0.2) is 32.5 Å². The lowest BCUT2D eigenvalue weighted by atomic mass is 10.2. The average molecular weight is 334 g/mol. The summed E-state index contributed by atoms with van der Waals surface area (Å²) < 4.78 is 27.2. The third-order valence-electron chi connectivity index (χ3n) is 2.94. The topological polar surface area (TPSA) is 71.1 Å². The summed E-state index contributed by atoms with van der Waals surface area (Å²) in [5.41, 5.74) is 0. The van der Waals surface area contributed by atoms with Crippen LogP contribution in [-0.2, 0) is 10.0 Å². The van der Waals surface area contributed by atoms with Gasteiger partial charge in [-0.2, -0.15) is 0 Å². The quantitative estimate of drug-likeness (QED) is 0.851. The number of halogens is 1. The third-order valence-corrected chi connectivity index (χ3v) is 4.80. The predicted octanol–water partition coefficient (Wildman–Crippen LogP) is 1.26. The Morgan fingerprint density at radius 3 is 3.00 bits per heavy atom. The molecule has 5 nitrogen and oxygen atoms in total. The number of hydrogen-bond donors (Lipinski definition) is 2. The van der Waals surface area contributed by atoms with Gasteiger partial charge in [-0.15, -0.1) is 0 Å². The second kappa shape index (κ2) is 6.10. The standard InChI is InChI=1S/C11H16BrN3O2S/c12-9-6-11(8-13-7-9)18(16,17)15-5-3-10-2-1-4-14-10/h6-8,10,14-15H,1-5H2/t10-/m0/s1. The van der Waals surface area contributed by atoms with E-state index in [2.05, 4.69) is 31.0 Å². The Morgan fingerprint density at radius 2 is 2.33 bits per heavy atom. The van der Waals surface area contributed by atoms with Crippen LogP contribution >= 0.6 is 15.9 Å². The molecule has 0 amide bonds. The zero-order valence-electron chi connectivity index (χ0n) is 9.89. The van der Waals surface area contributed by atoms with Crippen molar-refractivity contribution in [2.75, 3.05) is 13.1 Å². The van der Waals surface area contributed by atoms with E-state index in [1.165, 1.54) is 12.6 Å². The maximum absolute atomic E-state index is 12.0. The molecule has 2 N–H and O–H groups in total. The molecule has 1 saturated heterocycles. The van der Waals surface area contributed by atoms with Gasteiger partial charge >= 0.3 is 0 Å². The Morgan fingerprint density at radius 1 is 1.50 bits per heavy atom. The summed E-state index contributed by atoms with van der Waals surface area (Å²) in [4.78, 5) is 4.05. The van der Waals surface area contributed by atoms with Crippen LogP contribution in [0.5, 0.6) is 0 Å². The lowest BCUT2D eigenvalue weighted by Crippen LogP contribution is -2.30. The summed E-state index contributed by atoms with van der Waals surface area (Å²) in [7, 11) is -3.44. The Kier molecular flexibility index (Phi) is 4.71. The molecular formula is C11H16BrN3O2S. The number of pyridine rings is 1. The highest BCUT2D eigenvalue weighted by Gasteiger charge is 2.17. The van der Waals surface area contributed by atoms with E-state index in [0.717, 1.165) is 19.4 Å². The number of nitrogens with zero attached hydrogens (tertiary/aromatic N) is 1. The molecule has 0 bridgehead atoms. The van der Waals surface area contributed by atoms with Crippen molar-refractivity contribution >= 4 is 26.0 Å². The van der Waals surface area contributed by atoms with Crippen molar-refractivity contribution in [1.82, 2.24) is 15.0 Å². The van der Waals surface area contributed by atoms with Crippen molar-refractivity contribution < 1.29 is 8.42 Å². The van der Waals surface area contributed by atoms with E-state index in [9.17, 15) is 8.42 Å².